The second kappa shape index (κ2) is 6.96. The lowest BCUT2D eigenvalue weighted by Crippen LogP contribution is -2.30. The summed E-state index contributed by atoms with van der Waals surface area (Å²) in [4.78, 5) is 15.4. The Labute approximate surface area is 129 Å². The molecule has 2 N–H and O–H groups in total. The molecular formula is C16H22N2O4. The highest BCUT2D eigenvalue weighted by Crippen LogP contribution is 2.30. The number of hydrogen-bond donors (Lipinski definition) is 2. The summed E-state index contributed by atoms with van der Waals surface area (Å²) in [6, 6.07) is 1.91. The van der Waals surface area contributed by atoms with Gasteiger partial charge >= 0.3 is 5.97 Å². The number of carboxylic acids is 1. The number of pyridine rings is 1. The maximum atomic E-state index is 11.1. The van der Waals surface area contributed by atoms with Crippen molar-refractivity contribution in [3.63, 3.8) is 0 Å². The molecule has 0 radical (unpaired) electrons. The van der Waals surface area contributed by atoms with E-state index in [-0.39, 0.29) is 5.92 Å². The van der Waals surface area contributed by atoms with Crippen molar-refractivity contribution in [2.45, 2.75) is 32.2 Å². The van der Waals surface area contributed by atoms with Gasteiger partial charge in [0.25, 0.3) is 0 Å². The molecule has 0 aromatic carbocycles. The zero-order chi connectivity index (χ0) is 15.4. The van der Waals surface area contributed by atoms with Crippen molar-refractivity contribution in [2.75, 3.05) is 19.8 Å². The van der Waals surface area contributed by atoms with Crippen LogP contribution in [0.3, 0.4) is 0 Å². The quantitative estimate of drug-likeness (QED) is 0.864. The molecule has 120 valence electrons. The van der Waals surface area contributed by atoms with Crippen LogP contribution in [0.25, 0.3) is 0 Å². The summed E-state index contributed by atoms with van der Waals surface area (Å²) in [5, 5.41) is 12.5. The molecule has 0 amide bonds. The largest absolute Gasteiger partial charge is 0.486 e. The van der Waals surface area contributed by atoms with Crippen molar-refractivity contribution in [1.82, 2.24) is 10.3 Å². The lowest BCUT2D eigenvalue weighted by atomic mass is 9.81. The molecular weight excluding hydrogens is 284 g/mol. The van der Waals surface area contributed by atoms with Crippen molar-refractivity contribution in [3.05, 3.63) is 18.0 Å². The number of nitrogens with one attached hydrogen (secondary N) is 1. The molecule has 2 atom stereocenters. The van der Waals surface area contributed by atoms with Gasteiger partial charge in [0.1, 0.15) is 13.2 Å². The highest BCUT2D eigenvalue weighted by Gasteiger charge is 2.26. The summed E-state index contributed by atoms with van der Waals surface area (Å²) in [5.74, 6) is 1.06. The van der Waals surface area contributed by atoms with Crippen LogP contribution in [0.15, 0.2) is 12.3 Å². The van der Waals surface area contributed by atoms with E-state index in [1.165, 1.54) is 0 Å². The normalized spacial score (nSPS) is 24.0. The second-order valence-corrected chi connectivity index (χ2v) is 6.02. The molecule has 2 aliphatic rings. The number of nitrogens with zero attached hydrogens (tertiary/aromatic N) is 1. The van der Waals surface area contributed by atoms with Crippen molar-refractivity contribution in [3.8, 4) is 11.5 Å². The molecule has 2 unspecified atom stereocenters. The molecule has 0 bridgehead atoms. The summed E-state index contributed by atoms with van der Waals surface area (Å²) in [5.41, 5.74) is 0.912. The average molecular weight is 306 g/mol. The van der Waals surface area contributed by atoms with Gasteiger partial charge in [0.05, 0.1) is 17.8 Å². The Morgan fingerprint density at radius 1 is 1.32 bits per heavy atom. The minimum absolute atomic E-state index is 0.173. The summed E-state index contributed by atoms with van der Waals surface area (Å²) in [7, 11) is 0. The van der Waals surface area contributed by atoms with Crippen molar-refractivity contribution < 1.29 is 19.4 Å². The fraction of sp³-hybridized carbons (Fsp3) is 0.625. The van der Waals surface area contributed by atoms with Gasteiger partial charge in [0.15, 0.2) is 11.5 Å². The Kier molecular flexibility index (Phi) is 4.77. The predicted octanol–water partition coefficient (Wildman–Crippen LogP) is 1.83. The molecule has 1 aliphatic carbocycles. The van der Waals surface area contributed by atoms with E-state index in [1.807, 2.05) is 6.07 Å². The molecule has 6 nitrogen and oxygen atoms in total. The summed E-state index contributed by atoms with van der Waals surface area (Å²) < 4.78 is 11.0. The first-order chi connectivity index (χ1) is 10.7. The van der Waals surface area contributed by atoms with E-state index in [0.29, 0.717) is 31.4 Å². The SMILES string of the molecule is O=C(O)C1CCCC(CNCc2cc3c(cn2)OCCO3)C1. The van der Waals surface area contributed by atoms with Gasteiger partial charge in [-0.2, -0.15) is 0 Å². The first-order valence-corrected chi connectivity index (χ1v) is 7.90. The van der Waals surface area contributed by atoms with Crippen LogP contribution in [-0.4, -0.2) is 35.8 Å². The fourth-order valence-electron chi connectivity index (χ4n) is 3.19. The third kappa shape index (κ3) is 3.68. The number of carbonyl (C=O) groups is 1. The molecule has 0 saturated heterocycles. The maximum absolute atomic E-state index is 11.1. The van der Waals surface area contributed by atoms with Crippen LogP contribution in [0, 0.1) is 11.8 Å². The Morgan fingerprint density at radius 3 is 2.95 bits per heavy atom. The van der Waals surface area contributed by atoms with Gasteiger partial charge < -0.3 is 19.9 Å². The van der Waals surface area contributed by atoms with E-state index in [0.717, 1.165) is 43.7 Å². The number of hydrogen-bond acceptors (Lipinski definition) is 5. The van der Waals surface area contributed by atoms with Crippen molar-refractivity contribution in [1.29, 1.82) is 0 Å². The predicted molar refractivity (Wildman–Crippen MR) is 80.0 cm³/mol. The van der Waals surface area contributed by atoms with Gasteiger partial charge in [-0.25, -0.2) is 0 Å². The minimum atomic E-state index is -0.654. The number of aromatic nitrogens is 1. The number of aliphatic carboxylic acids is 1. The second-order valence-electron chi connectivity index (χ2n) is 6.02. The average Bonchev–Trinajstić information content (AvgIpc) is 2.55. The Hall–Kier alpha value is -1.82. The highest BCUT2D eigenvalue weighted by atomic mass is 16.6. The summed E-state index contributed by atoms with van der Waals surface area (Å²) in [6.45, 7) is 2.63. The molecule has 1 aliphatic heterocycles. The zero-order valence-corrected chi connectivity index (χ0v) is 12.6. The lowest BCUT2D eigenvalue weighted by Gasteiger charge is -2.26. The Bertz CT molecular complexity index is 535. The van der Waals surface area contributed by atoms with Gasteiger partial charge in [0.2, 0.25) is 0 Å². The Balaban J connectivity index is 1.47. The van der Waals surface area contributed by atoms with Gasteiger partial charge in [-0.3, -0.25) is 9.78 Å². The lowest BCUT2D eigenvalue weighted by molar-refractivity contribution is -0.143. The van der Waals surface area contributed by atoms with Crippen LogP contribution >= 0.6 is 0 Å². The number of carboxylic acid groups (broad SMARTS) is 1. The molecule has 3 rings (SSSR count). The first kappa shape index (κ1) is 15.1. The summed E-state index contributed by atoms with van der Waals surface area (Å²) >= 11 is 0. The molecule has 2 heterocycles. The Morgan fingerprint density at radius 2 is 2.14 bits per heavy atom. The zero-order valence-electron chi connectivity index (χ0n) is 12.6. The molecule has 1 saturated carbocycles. The molecule has 6 heteroatoms. The van der Waals surface area contributed by atoms with Gasteiger partial charge in [-0.15, -0.1) is 0 Å². The third-order valence-electron chi connectivity index (χ3n) is 4.36. The smallest absolute Gasteiger partial charge is 0.306 e. The molecule has 1 fully saturated rings. The fourth-order valence-corrected chi connectivity index (χ4v) is 3.19. The van der Waals surface area contributed by atoms with Crippen molar-refractivity contribution >= 4 is 5.97 Å². The molecule has 0 spiro atoms. The topological polar surface area (TPSA) is 80.7 Å². The van der Waals surface area contributed by atoms with Crippen LogP contribution in [0.4, 0.5) is 0 Å². The number of rotatable bonds is 5. The maximum Gasteiger partial charge on any atom is 0.306 e. The number of ether oxygens (including phenoxy) is 2. The van der Waals surface area contributed by atoms with E-state index < -0.39 is 5.97 Å². The molecule has 1 aromatic rings. The van der Waals surface area contributed by atoms with Crippen molar-refractivity contribution in [2.24, 2.45) is 11.8 Å². The third-order valence-corrected chi connectivity index (χ3v) is 4.36. The number of fused-ring (bicyclic) bond motifs is 1. The standard InChI is InChI=1S/C16H22N2O4/c19-16(20)12-3-1-2-11(6-12)8-17-9-13-7-14-15(10-18-13)22-5-4-21-14/h7,10-12,17H,1-6,8-9H2,(H,19,20). The van der Waals surface area contributed by atoms with Gasteiger partial charge in [-0.1, -0.05) is 6.42 Å². The van der Waals surface area contributed by atoms with E-state index >= 15 is 0 Å². The molecule has 1 aromatic heterocycles. The van der Waals surface area contributed by atoms with Crippen LogP contribution in [0.1, 0.15) is 31.4 Å². The van der Waals surface area contributed by atoms with Crippen LogP contribution in [0.5, 0.6) is 11.5 Å². The van der Waals surface area contributed by atoms with Gasteiger partial charge in [0, 0.05) is 12.6 Å². The van der Waals surface area contributed by atoms with Crippen LogP contribution in [0.2, 0.25) is 0 Å². The van der Waals surface area contributed by atoms with E-state index in [2.05, 4.69) is 10.3 Å². The van der Waals surface area contributed by atoms with Gasteiger partial charge in [-0.05, 0) is 31.7 Å². The monoisotopic (exact) mass is 306 g/mol. The van der Waals surface area contributed by atoms with E-state index in [9.17, 15) is 4.79 Å². The van der Waals surface area contributed by atoms with E-state index in [4.69, 9.17) is 14.6 Å². The van der Waals surface area contributed by atoms with Crippen LogP contribution < -0.4 is 14.8 Å². The summed E-state index contributed by atoms with van der Waals surface area (Å²) in [6.07, 6.45) is 5.40. The first-order valence-electron chi connectivity index (χ1n) is 7.90. The minimum Gasteiger partial charge on any atom is -0.486 e. The highest BCUT2D eigenvalue weighted by molar-refractivity contribution is 5.70. The van der Waals surface area contributed by atoms with Crippen LogP contribution in [-0.2, 0) is 11.3 Å². The molecule has 22 heavy (non-hydrogen) atoms. The van der Waals surface area contributed by atoms with E-state index in [1.54, 1.807) is 6.20 Å².